The van der Waals surface area contributed by atoms with Crippen LogP contribution in [0.5, 0.6) is 0 Å². The summed E-state index contributed by atoms with van der Waals surface area (Å²) in [5.74, 6) is -0.171. The van der Waals surface area contributed by atoms with Gasteiger partial charge in [0.15, 0.2) is 0 Å². The number of nitrogens with one attached hydrogen (secondary N) is 1. The summed E-state index contributed by atoms with van der Waals surface area (Å²) in [6.07, 6.45) is -0.0574. The molecule has 29 heavy (non-hydrogen) atoms. The second-order valence-electron chi connectivity index (χ2n) is 7.59. The van der Waals surface area contributed by atoms with Gasteiger partial charge in [-0.3, -0.25) is 0 Å². The van der Waals surface area contributed by atoms with Gasteiger partial charge in [0.2, 0.25) is 0 Å². The lowest BCUT2D eigenvalue weighted by molar-refractivity contribution is -0.0718. The minimum absolute atomic E-state index is 0.0742. The smallest absolute Gasteiger partial charge is 0.123 e. The molecule has 150 valence electrons. The van der Waals surface area contributed by atoms with Crippen LogP contribution in [0, 0.1) is 5.82 Å². The maximum atomic E-state index is 13.1. The summed E-state index contributed by atoms with van der Waals surface area (Å²) < 4.78 is 19.3. The third-order valence-electron chi connectivity index (χ3n) is 5.60. The Balaban J connectivity index is 1.44. The van der Waals surface area contributed by atoms with Crippen molar-refractivity contribution >= 4 is 0 Å². The van der Waals surface area contributed by atoms with Crippen molar-refractivity contribution in [2.24, 2.45) is 0 Å². The fourth-order valence-corrected chi connectivity index (χ4v) is 4.03. The fraction of sp³-hybridized carbons (Fsp3) is 0.280. The van der Waals surface area contributed by atoms with Crippen molar-refractivity contribution in [1.82, 2.24) is 5.32 Å². The van der Waals surface area contributed by atoms with Crippen molar-refractivity contribution in [3.63, 3.8) is 0 Å². The lowest BCUT2D eigenvalue weighted by Crippen LogP contribution is -2.50. The maximum absolute atomic E-state index is 13.1. The Bertz CT molecular complexity index is 846. The van der Waals surface area contributed by atoms with E-state index in [2.05, 4.69) is 29.6 Å². The highest BCUT2D eigenvalue weighted by Crippen LogP contribution is 2.34. The van der Waals surface area contributed by atoms with E-state index >= 15 is 0 Å². The van der Waals surface area contributed by atoms with Crippen LogP contribution in [0.1, 0.15) is 29.0 Å². The number of hydrogen-bond acceptors (Lipinski definition) is 3. The molecule has 3 aromatic rings. The second kappa shape index (κ2) is 9.31. The van der Waals surface area contributed by atoms with Crippen molar-refractivity contribution in [2.45, 2.75) is 37.1 Å². The molecule has 3 atom stereocenters. The first kappa shape index (κ1) is 19.8. The largest absolute Gasteiger partial charge is 0.391 e. The van der Waals surface area contributed by atoms with Crippen LogP contribution in [-0.2, 0) is 11.3 Å². The van der Waals surface area contributed by atoms with Crippen LogP contribution < -0.4 is 5.32 Å². The Labute approximate surface area is 171 Å². The Kier molecular flexibility index (Phi) is 6.35. The van der Waals surface area contributed by atoms with Crippen molar-refractivity contribution in [1.29, 1.82) is 0 Å². The molecule has 4 heteroatoms. The molecular weight excluding hydrogens is 365 g/mol. The molecule has 0 aliphatic carbocycles. The molecule has 0 aromatic heterocycles. The monoisotopic (exact) mass is 391 g/mol. The molecule has 4 rings (SSSR count). The first-order valence-corrected chi connectivity index (χ1v) is 10.1. The number of ether oxygens (including phenoxy) is 1. The van der Waals surface area contributed by atoms with Crippen LogP contribution in [0.25, 0.3) is 0 Å². The predicted octanol–water partition coefficient (Wildman–Crippen LogP) is 4.27. The molecule has 1 fully saturated rings. The van der Waals surface area contributed by atoms with Crippen LogP contribution in [-0.4, -0.2) is 30.0 Å². The van der Waals surface area contributed by atoms with Crippen molar-refractivity contribution in [3.8, 4) is 0 Å². The predicted molar refractivity (Wildman–Crippen MR) is 112 cm³/mol. The summed E-state index contributed by atoms with van der Waals surface area (Å²) in [4.78, 5) is 0. The van der Waals surface area contributed by atoms with Gasteiger partial charge in [-0.15, -0.1) is 0 Å². The third-order valence-corrected chi connectivity index (χ3v) is 5.60. The fourth-order valence-electron chi connectivity index (χ4n) is 4.03. The summed E-state index contributed by atoms with van der Waals surface area (Å²) in [7, 11) is 0. The highest BCUT2D eigenvalue weighted by atomic mass is 19.1. The van der Waals surface area contributed by atoms with Crippen LogP contribution in [0.4, 0.5) is 4.39 Å². The highest BCUT2D eigenvalue weighted by molar-refractivity contribution is 5.34. The lowest BCUT2D eigenvalue weighted by Gasteiger charge is -2.38. The standard InChI is InChI=1S/C25H26FNO2/c26-21-13-11-18(12-14-21)16-27-22-17-29-24(15-23(22)28)25(19-7-3-1-4-8-19)20-9-5-2-6-10-20/h1-14,22-25,27-28H,15-17H2/t22-,23?,24+/m1/s1. The third kappa shape index (κ3) is 4.91. The van der Waals surface area contributed by atoms with E-state index in [1.54, 1.807) is 12.1 Å². The first-order chi connectivity index (χ1) is 14.2. The van der Waals surface area contributed by atoms with E-state index in [4.69, 9.17) is 4.74 Å². The molecule has 3 aromatic carbocycles. The molecule has 0 amide bonds. The van der Waals surface area contributed by atoms with E-state index in [1.165, 1.54) is 23.3 Å². The maximum Gasteiger partial charge on any atom is 0.123 e. The molecule has 1 aliphatic heterocycles. The van der Waals surface area contributed by atoms with Gasteiger partial charge >= 0.3 is 0 Å². The van der Waals surface area contributed by atoms with Gasteiger partial charge in [-0.2, -0.15) is 0 Å². The minimum atomic E-state index is -0.510. The zero-order chi connectivity index (χ0) is 20.1. The summed E-state index contributed by atoms with van der Waals surface area (Å²) >= 11 is 0. The molecule has 0 bridgehead atoms. The van der Waals surface area contributed by atoms with Gasteiger partial charge < -0.3 is 15.2 Å². The first-order valence-electron chi connectivity index (χ1n) is 10.1. The number of aliphatic hydroxyl groups is 1. The molecule has 0 saturated carbocycles. The van der Waals surface area contributed by atoms with Crippen molar-refractivity contribution in [2.75, 3.05) is 6.61 Å². The quantitative estimate of drug-likeness (QED) is 0.660. The van der Waals surface area contributed by atoms with E-state index in [-0.39, 0.29) is 23.9 Å². The Morgan fingerprint density at radius 1 is 0.897 bits per heavy atom. The van der Waals surface area contributed by atoms with E-state index in [0.717, 1.165) is 5.56 Å². The SMILES string of the molecule is OC1C[C@@H](C(c2ccccc2)c2ccccc2)OC[C@H]1NCc1ccc(F)cc1. The van der Waals surface area contributed by atoms with Crippen LogP contribution >= 0.6 is 0 Å². The average molecular weight is 391 g/mol. The van der Waals surface area contributed by atoms with Gasteiger partial charge in [0.05, 0.1) is 24.9 Å². The lowest BCUT2D eigenvalue weighted by atomic mass is 9.82. The summed E-state index contributed by atoms with van der Waals surface area (Å²) in [5, 5.41) is 14.2. The molecule has 1 unspecified atom stereocenters. The van der Waals surface area contributed by atoms with Gasteiger partial charge in [0, 0.05) is 18.9 Å². The number of rotatable bonds is 6. The number of aliphatic hydroxyl groups excluding tert-OH is 1. The van der Waals surface area contributed by atoms with Crippen LogP contribution in [0.3, 0.4) is 0 Å². The van der Waals surface area contributed by atoms with Gasteiger partial charge in [0.1, 0.15) is 5.82 Å². The van der Waals surface area contributed by atoms with Crippen molar-refractivity contribution < 1.29 is 14.2 Å². The number of hydrogen-bond donors (Lipinski definition) is 2. The normalized spacial score (nSPS) is 22.0. The van der Waals surface area contributed by atoms with E-state index in [0.29, 0.717) is 19.6 Å². The molecule has 3 nitrogen and oxygen atoms in total. The summed E-state index contributed by atoms with van der Waals surface area (Å²) in [5.41, 5.74) is 3.36. The van der Waals surface area contributed by atoms with E-state index in [9.17, 15) is 9.50 Å². The zero-order valence-electron chi connectivity index (χ0n) is 16.2. The molecule has 2 N–H and O–H groups in total. The highest BCUT2D eigenvalue weighted by Gasteiger charge is 2.35. The van der Waals surface area contributed by atoms with Crippen LogP contribution in [0.2, 0.25) is 0 Å². The van der Waals surface area contributed by atoms with Gasteiger partial charge in [-0.25, -0.2) is 4.39 Å². The Morgan fingerprint density at radius 2 is 1.48 bits per heavy atom. The zero-order valence-corrected chi connectivity index (χ0v) is 16.2. The van der Waals surface area contributed by atoms with Gasteiger partial charge in [0.25, 0.3) is 0 Å². The number of benzene rings is 3. The molecule has 1 heterocycles. The van der Waals surface area contributed by atoms with Gasteiger partial charge in [-0.05, 0) is 28.8 Å². The average Bonchev–Trinajstić information content (AvgIpc) is 2.76. The molecular formula is C25H26FNO2. The van der Waals surface area contributed by atoms with E-state index in [1.807, 2.05) is 36.4 Å². The molecule has 0 radical (unpaired) electrons. The summed E-state index contributed by atoms with van der Waals surface area (Å²) in [6, 6.07) is 26.9. The minimum Gasteiger partial charge on any atom is -0.391 e. The molecule has 0 spiro atoms. The topological polar surface area (TPSA) is 41.5 Å². The Hall–Kier alpha value is -2.53. The number of halogens is 1. The van der Waals surface area contributed by atoms with Crippen molar-refractivity contribution in [3.05, 3.63) is 107 Å². The van der Waals surface area contributed by atoms with E-state index < -0.39 is 6.10 Å². The second-order valence-corrected chi connectivity index (χ2v) is 7.59. The van der Waals surface area contributed by atoms with Crippen LogP contribution in [0.15, 0.2) is 84.9 Å². The molecule has 1 saturated heterocycles. The summed E-state index contributed by atoms with van der Waals surface area (Å²) in [6.45, 7) is 1.00. The van der Waals surface area contributed by atoms with Gasteiger partial charge in [-0.1, -0.05) is 72.8 Å². The molecule has 1 aliphatic rings. The Morgan fingerprint density at radius 3 is 2.03 bits per heavy atom.